The van der Waals surface area contributed by atoms with Crippen LogP contribution in [0.15, 0.2) is 29.5 Å². The van der Waals surface area contributed by atoms with Gasteiger partial charge in [-0.3, -0.25) is 9.89 Å². The Morgan fingerprint density at radius 3 is 2.71 bits per heavy atom. The molecule has 2 N–H and O–H groups in total. The summed E-state index contributed by atoms with van der Waals surface area (Å²) in [4.78, 5) is 12.2. The molecule has 0 amide bonds. The number of fused-ring (bicyclic) bond motifs is 1. The number of aliphatic imine (C=N–C) groups is 1. The Morgan fingerprint density at radius 2 is 2.03 bits per heavy atom. The Labute approximate surface area is 204 Å². The minimum Gasteiger partial charge on any atom is -0.379 e. The highest BCUT2D eigenvalue weighted by Crippen LogP contribution is 2.14. The van der Waals surface area contributed by atoms with Gasteiger partial charge in [-0.2, -0.15) is 0 Å². The second-order valence-electron chi connectivity index (χ2n) is 8.48. The molecule has 2 aromatic rings. The summed E-state index contributed by atoms with van der Waals surface area (Å²) in [5, 5.41) is 6.87. The Bertz CT molecular complexity index is 815. The van der Waals surface area contributed by atoms with Gasteiger partial charge in [0.05, 0.1) is 25.5 Å². The van der Waals surface area contributed by atoms with Crippen molar-refractivity contribution < 1.29 is 4.74 Å². The van der Waals surface area contributed by atoms with Crippen molar-refractivity contribution in [1.29, 1.82) is 0 Å². The van der Waals surface area contributed by atoms with Gasteiger partial charge in [0.2, 0.25) is 0 Å². The van der Waals surface area contributed by atoms with E-state index in [4.69, 9.17) is 14.7 Å². The zero-order valence-corrected chi connectivity index (χ0v) is 21.8. The molecule has 8 heteroatoms. The molecule has 0 bridgehead atoms. The topological polar surface area (TPSA) is 66.2 Å². The smallest absolute Gasteiger partial charge is 0.191 e. The standard InChI is InChI=1S/C23H38N6O.HI/c1-5-24-23(26-16-21(15-18(2)3)28-11-13-30-14-12-28)25-9-8-20-17-29-10-6-7-19(4)22(29)27-20;/h6-7,10,17-18,21H,5,8-9,11-16H2,1-4H3,(H2,24,25,26);1H. The average molecular weight is 543 g/mol. The Balaban J connectivity index is 0.00000341. The molecule has 174 valence electrons. The number of hydrogen-bond acceptors (Lipinski definition) is 4. The third-order valence-electron chi connectivity index (χ3n) is 5.51. The Morgan fingerprint density at radius 1 is 1.26 bits per heavy atom. The lowest BCUT2D eigenvalue weighted by atomic mass is 10.0. The largest absolute Gasteiger partial charge is 0.379 e. The van der Waals surface area contributed by atoms with Crippen LogP contribution in [0.25, 0.3) is 5.65 Å². The normalized spacial score (nSPS) is 16.4. The number of nitrogens with one attached hydrogen (secondary N) is 2. The fraction of sp³-hybridized carbons (Fsp3) is 0.652. The van der Waals surface area contributed by atoms with E-state index in [0.29, 0.717) is 12.0 Å². The molecule has 1 atom stereocenters. The predicted octanol–water partition coefficient (Wildman–Crippen LogP) is 3.11. The van der Waals surface area contributed by atoms with E-state index in [9.17, 15) is 0 Å². The van der Waals surface area contributed by atoms with Crippen LogP contribution in [0.3, 0.4) is 0 Å². The molecule has 1 aliphatic heterocycles. The van der Waals surface area contributed by atoms with Crippen molar-refractivity contribution in [2.75, 3.05) is 45.9 Å². The van der Waals surface area contributed by atoms with Crippen molar-refractivity contribution in [3.63, 3.8) is 0 Å². The minimum absolute atomic E-state index is 0. The summed E-state index contributed by atoms with van der Waals surface area (Å²) in [5.41, 5.74) is 3.33. The van der Waals surface area contributed by atoms with E-state index in [2.05, 4.69) is 72.2 Å². The van der Waals surface area contributed by atoms with E-state index in [1.807, 2.05) is 0 Å². The molecular formula is C23H39IN6O. The first-order valence-corrected chi connectivity index (χ1v) is 11.3. The number of guanidine groups is 1. The number of aromatic nitrogens is 2. The van der Waals surface area contributed by atoms with Crippen LogP contribution in [-0.4, -0.2) is 72.2 Å². The number of morpholine rings is 1. The second-order valence-corrected chi connectivity index (χ2v) is 8.48. The number of hydrogen-bond donors (Lipinski definition) is 2. The lowest BCUT2D eigenvalue weighted by molar-refractivity contribution is 0.0143. The van der Waals surface area contributed by atoms with Gasteiger partial charge in [0.1, 0.15) is 5.65 Å². The number of ether oxygens (including phenoxy) is 1. The van der Waals surface area contributed by atoms with Crippen molar-refractivity contribution in [3.05, 3.63) is 35.8 Å². The molecule has 31 heavy (non-hydrogen) atoms. The number of halogens is 1. The first kappa shape index (κ1) is 25.9. The molecule has 1 fully saturated rings. The van der Waals surface area contributed by atoms with Crippen LogP contribution in [-0.2, 0) is 11.2 Å². The van der Waals surface area contributed by atoms with E-state index >= 15 is 0 Å². The predicted molar refractivity (Wildman–Crippen MR) is 139 cm³/mol. The van der Waals surface area contributed by atoms with Crippen LogP contribution >= 0.6 is 24.0 Å². The van der Waals surface area contributed by atoms with Gasteiger partial charge in [-0.1, -0.05) is 19.9 Å². The first-order chi connectivity index (χ1) is 14.6. The van der Waals surface area contributed by atoms with E-state index < -0.39 is 0 Å². The van der Waals surface area contributed by atoms with Crippen LogP contribution < -0.4 is 10.6 Å². The number of aryl methyl sites for hydroxylation is 1. The van der Waals surface area contributed by atoms with Crippen LogP contribution in [0.4, 0.5) is 0 Å². The maximum atomic E-state index is 5.53. The van der Waals surface area contributed by atoms with Crippen LogP contribution in [0, 0.1) is 12.8 Å². The summed E-state index contributed by atoms with van der Waals surface area (Å²) in [7, 11) is 0. The molecule has 1 aliphatic rings. The molecular weight excluding hydrogens is 503 g/mol. The molecule has 0 aromatic carbocycles. The maximum absolute atomic E-state index is 5.53. The monoisotopic (exact) mass is 542 g/mol. The molecule has 3 rings (SSSR count). The van der Waals surface area contributed by atoms with Gasteiger partial charge in [0, 0.05) is 51.0 Å². The SMILES string of the molecule is CCNC(=NCC(CC(C)C)N1CCOCC1)NCCc1cn2cccc(C)c2n1.I. The van der Waals surface area contributed by atoms with Crippen LogP contribution in [0.2, 0.25) is 0 Å². The van der Waals surface area contributed by atoms with Crippen molar-refractivity contribution in [2.45, 2.75) is 46.6 Å². The van der Waals surface area contributed by atoms with Crippen LogP contribution in [0.1, 0.15) is 38.4 Å². The minimum atomic E-state index is 0. The fourth-order valence-electron chi connectivity index (χ4n) is 4.00. The summed E-state index contributed by atoms with van der Waals surface area (Å²) in [6.45, 7) is 14.9. The van der Waals surface area contributed by atoms with Gasteiger partial charge in [0.25, 0.3) is 0 Å². The molecule has 0 aliphatic carbocycles. The highest BCUT2D eigenvalue weighted by molar-refractivity contribution is 14.0. The van der Waals surface area contributed by atoms with Gasteiger partial charge in [-0.15, -0.1) is 24.0 Å². The molecule has 1 saturated heterocycles. The summed E-state index contributed by atoms with van der Waals surface area (Å²) in [6, 6.07) is 4.62. The van der Waals surface area contributed by atoms with Gasteiger partial charge in [0.15, 0.2) is 5.96 Å². The number of imidazole rings is 1. The first-order valence-electron chi connectivity index (χ1n) is 11.3. The molecule has 0 radical (unpaired) electrons. The average Bonchev–Trinajstić information content (AvgIpc) is 3.16. The summed E-state index contributed by atoms with van der Waals surface area (Å²) < 4.78 is 7.63. The molecule has 2 aromatic heterocycles. The van der Waals surface area contributed by atoms with Crippen molar-refractivity contribution in [2.24, 2.45) is 10.9 Å². The zero-order chi connectivity index (χ0) is 21.3. The molecule has 0 saturated carbocycles. The quantitative estimate of drug-likeness (QED) is 0.290. The Hall–Kier alpha value is -1.39. The van der Waals surface area contributed by atoms with Gasteiger partial charge >= 0.3 is 0 Å². The van der Waals surface area contributed by atoms with Gasteiger partial charge in [-0.25, -0.2) is 4.98 Å². The third-order valence-corrected chi connectivity index (χ3v) is 5.51. The Kier molecular flexibility index (Phi) is 11.0. The number of pyridine rings is 1. The van der Waals surface area contributed by atoms with Crippen molar-refractivity contribution >= 4 is 35.6 Å². The van der Waals surface area contributed by atoms with Gasteiger partial charge < -0.3 is 19.8 Å². The van der Waals surface area contributed by atoms with Crippen LogP contribution in [0.5, 0.6) is 0 Å². The van der Waals surface area contributed by atoms with E-state index in [-0.39, 0.29) is 24.0 Å². The van der Waals surface area contributed by atoms with Crippen molar-refractivity contribution in [1.82, 2.24) is 24.9 Å². The highest BCUT2D eigenvalue weighted by atomic mass is 127. The zero-order valence-electron chi connectivity index (χ0n) is 19.4. The highest BCUT2D eigenvalue weighted by Gasteiger charge is 2.21. The second kappa shape index (κ2) is 13.2. The van der Waals surface area contributed by atoms with Gasteiger partial charge in [-0.05, 0) is 37.8 Å². The lowest BCUT2D eigenvalue weighted by Crippen LogP contribution is -2.46. The summed E-state index contributed by atoms with van der Waals surface area (Å²) in [5.74, 6) is 1.54. The van der Waals surface area contributed by atoms with E-state index in [1.54, 1.807) is 0 Å². The van der Waals surface area contributed by atoms with E-state index in [1.165, 1.54) is 5.56 Å². The number of rotatable bonds is 9. The molecule has 1 unspecified atom stereocenters. The van der Waals surface area contributed by atoms with Crippen molar-refractivity contribution in [3.8, 4) is 0 Å². The maximum Gasteiger partial charge on any atom is 0.191 e. The lowest BCUT2D eigenvalue weighted by Gasteiger charge is -2.34. The fourth-order valence-corrected chi connectivity index (χ4v) is 4.00. The summed E-state index contributed by atoms with van der Waals surface area (Å²) in [6.07, 6.45) is 6.19. The third kappa shape index (κ3) is 7.91. The summed E-state index contributed by atoms with van der Waals surface area (Å²) >= 11 is 0. The number of nitrogens with zero attached hydrogens (tertiary/aromatic N) is 4. The van der Waals surface area contributed by atoms with E-state index in [0.717, 1.165) is 76.1 Å². The molecule has 3 heterocycles. The molecule has 7 nitrogen and oxygen atoms in total. The molecule has 0 spiro atoms.